The van der Waals surface area contributed by atoms with E-state index in [0.717, 1.165) is 30.3 Å². The van der Waals surface area contributed by atoms with Crippen molar-refractivity contribution in [3.63, 3.8) is 0 Å². The van der Waals surface area contributed by atoms with Gasteiger partial charge in [0.25, 0.3) is 35.4 Å². The van der Waals surface area contributed by atoms with Crippen molar-refractivity contribution < 1.29 is 84.9 Å². The minimum Gasteiger partial charge on any atom is -0.456 e. The fourth-order valence-electron chi connectivity index (χ4n) is 8.06. The van der Waals surface area contributed by atoms with Gasteiger partial charge >= 0.3 is 17.9 Å². The van der Waals surface area contributed by atoms with Gasteiger partial charge in [0.1, 0.15) is 76.6 Å². The van der Waals surface area contributed by atoms with Crippen LogP contribution < -0.4 is 47.9 Å². The van der Waals surface area contributed by atoms with E-state index in [1.807, 2.05) is 0 Å². The lowest BCUT2D eigenvalue weighted by atomic mass is 10.2. The van der Waals surface area contributed by atoms with Crippen LogP contribution in [0, 0.1) is 17.5 Å². The van der Waals surface area contributed by atoms with Gasteiger partial charge in [-0.05, 0) is 127 Å². The number of nitrogens with one attached hydrogen (secondary N) is 9. The second-order valence-corrected chi connectivity index (χ2v) is 22.0. The summed E-state index contributed by atoms with van der Waals surface area (Å²) in [6, 6.07) is 3.38. The third-order valence-corrected chi connectivity index (χ3v) is 13.9. The Bertz CT molecular complexity index is 3570. The largest absolute Gasteiger partial charge is 0.456 e. The van der Waals surface area contributed by atoms with Crippen LogP contribution in [0.15, 0.2) is 108 Å². The van der Waals surface area contributed by atoms with Crippen LogP contribution in [-0.2, 0) is 77.0 Å². The van der Waals surface area contributed by atoms with E-state index in [4.69, 9.17) is 14.2 Å². The molecule has 3 aromatic rings. The van der Waals surface area contributed by atoms with Crippen molar-refractivity contribution in [2.75, 3.05) is 17.3 Å². The molecule has 0 aromatic carbocycles. The van der Waals surface area contributed by atoms with E-state index in [1.165, 1.54) is 65.8 Å². The van der Waals surface area contributed by atoms with Crippen molar-refractivity contribution in [2.24, 2.45) is 0 Å². The van der Waals surface area contributed by atoms with Crippen LogP contribution in [0.25, 0.3) is 0 Å². The summed E-state index contributed by atoms with van der Waals surface area (Å²) in [7, 11) is 0. The summed E-state index contributed by atoms with van der Waals surface area (Å²) >= 11 is 12.3. The molecule has 9 amide bonds. The molecule has 0 radical (unpaired) electrons. The number of rotatable bonds is 9. The number of carbonyl (C=O) groups is 12. The Morgan fingerprint density at radius 1 is 0.458 bits per heavy atom. The lowest BCUT2D eigenvalue weighted by molar-refractivity contribution is -0.152. The van der Waals surface area contributed by atoms with Crippen molar-refractivity contribution in [1.82, 2.24) is 62.8 Å². The molecule has 0 aliphatic carbocycles. The van der Waals surface area contributed by atoms with Gasteiger partial charge < -0.3 is 62.1 Å². The number of carbonyl (C=O) groups excluding carboxylic acids is 12. The first-order valence-corrected chi connectivity index (χ1v) is 31.7. The number of ether oxygens (including phenoxy) is 3. The lowest BCUT2D eigenvalue weighted by Gasteiger charge is -2.19. The number of fused-ring (bicyclic) bond motifs is 6. The number of aromatic nitrogens is 3. The first kappa shape index (κ1) is 78.8. The number of cyclic esters (lactones) is 3. The van der Waals surface area contributed by atoms with Crippen LogP contribution >= 0.6 is 37.9 Å². The zero-order valence-corrected chi connectivity index (χ0v) is 55.7. The van der Waals surface area contributed by atoms with E-state index >= 15 is 0 Å². The SMILES string of the molecule is C/C=C1\NC(=O)c2cc(F)cc(n2)CNC(=O)C[C@@H](/C=C/CCS)OC(=O)[C@H](C)NC1=O.C/C=C1\NC(=O)c2ccc(F)c(n2)CNC(=O)C[C@@H](/C=C/CCS)OC(=O)[C@H](C)NC1=O.C/C=C1\NC(=O)c2nc(ccc2F)CNC(=O)C[C@@H](/C=C/CCS)OC(=O)[C@H](C)NC1=O. The number of pyridine rings is 3. The fourth-order valence-corrected chi connectivity index (χ4v) is 8.51. The fraction of sp³-hybridized carbons (Fsp3) is 0.381. The second-order valence-electron chi connectivity index (χ2n) is 20.7. The molecular formula is C63H75F3N12O15S3. The van der Waals surface area contributed by atoms with Gasteiger partial charge in [0.2, 0.25) is 17.7 Å². The van der Waals surface area contributed by atoms with Crippen LogP contribution in [0.5, 0.6) is 0 Å². The van der Waals surface area contributed by atoms with E-state index in [-0.39, 0.29) is 84.5 Å². The first-order valence-electron chi connectivity index (χ1n) is 29.8. The van der Waals surface area contributed by atoms with E-state index < -0.39 is 131 Å². The number of esters is 3. The highest BCUT2D eigenvalue weighted by molar-refractivity contribution is 7.80. The van der Waals surface area contributed by atoms with E-state index in [9.17, 15) is 70.7 Å². The molecule has 0 unspecified atom stereocenters. The van der Waals surface area contributed by atoms with E-state index in [0.29, 0.717) is 36.5 Å². The zero-order valence-electron chi connectivity index (χ0n) is 53.1. The van der Waals surface area contributed by atoms with Crippen molar-refractivity contribution in [3.8, 4) is 0 Å². The maximum Gasteiger partial charge on any atom is 0.328 e. The van der Waals surface area contributed by atoms with Crippen LogP contribution in [0.1, 0.15) is 129 Å². The molecule has 6 atom stereocenters. The second kappa shape index (κ2) is 40.6. The number of hydrogen-bond acceptors (Lipinski definition) is 21. The minimum atomic E-state index is -1.08. The molecule has 3 aromatic heterocycles. The Balaban J connectivity index is 0.000000306. The summed E-state index contributed by atoms with van der Waals surface area (Å²) in [5.41, 5.74) is -1.21. The summed E-state index contributed by atoms with van der Waals surface area (Å²) in [4.78, 5) is 161. The van der Waals surface area contributed by atoms with Crippen molar-refractivity contribution in [1.29, 1.82) is 0 Å². The molecule has 3 aliphatic heterocycles. The summed E-state index contributed by atoms with van der Waals surface area (Å²) in [6.45, 7) is 8.26. The maximum atomic E-state index is 14.2. The molecule has 0 saturated carbocycles. The number of thiol groups is 3. The first-order chi connectivity index (χ1) is 45.7. The van der Waals surface area contributed by atoms with Gasteiger partial charge in [0.05, 0.1) is 56.0 Å². The van der Waals surface area contributed by atoms with Gasteiger partial charge in [-0.1, -0.05) is 36.5 Å². The van der Waals surface area contributed by atoms with Gasteiger partial charge in [0, 0.05) is 6.07 Å². The summed E-state index contributed by atoms with van der Waals surface area (Å²) in [5.74, 6) is -9.10. The summed E-state index contributed by atoms with van der Waals surface area (Å²) in [6.07, 6.45) is 12.4. The molecule has 96 heavy (non-hydrogen) atoms. The predicted octanol–water partition coefficient (Wildman–Crippen LogP) is 3.50. The third kappa shape index (κ3) is 26.6. The molecule has 6 heterocycles. The quantitative estimate of drug-likeness (QED) is 0.0479. The monoisotopic (exact) mass is 1390 g/mol. The Kier molecular flexibility index (Phi) is 33.3. The Labute approximate surface area is 567 Å². The molecule has 33 heteroatoms. The number of halogens is 3. The topological polar surface area (TPSA) is 379 Å². The maximum absolute atomic E-state index is 14.2. The summed E-state index contributed by atoms with van der Waals surface area (Å²) in [5, 5.41) is 22.0. The zero-order chi connectivity index (χ0) is 71.0. The molecule has 6 rings (SSSR count). The van der Waals surface area contributed by atoms with E-state index in [1.54, 1.807) is 36.5 Å². The molecule has 3 aliphatic rings. The van der Waals surface area contributed by atoms with Crippen LogP contribution in [0.2, 0.25) is 0 Å². The number of hydrogen-bond donors (Lipinski definition) is 12. The van der Waals surface area contributed by atoms with E-state index in [2.05, 4.69) is 101 Å². The lowest BCUT2D eigenvalue weighted by Crippen LogP contribution is -2.44. The highest BCUT2D eigenvalue weighted by atomic mass is 32.1. The van der Waals surface area contributed by atoms with Crippen LogP contribution in [0.4, 0.5) is 13.2 Å². The highest BCUT2D eigenvalue weighted by Crippen LogP contribution is 2.15. The smallest absolute Gasteiger partial charge is 0.328 e. The minimum absolute atomic E-state index is 0.0756. The van der Waals surface area contributed by atoms with Crippen LogP contribution in [0.3, 0.4) is 0 Å². The number of allylic oxidation sites excluding steroid dienone is 6. The third-order valence-electron chi connectivity index (χ3n) is 13.1. The highest BCUT2D eigenvalue weighted by Gasteiger charge is 2.29. The standard InChI is InChI=1S/3C21H25FN4O5S/c1-3-16-19(28)24-12(2)21(30)31-14(6-4-5-9-32)10-17(27)23-11-13-7-8-15(22)18(25-13)20(29)26-16;1-3-15-19(28)24-12(2)21(30)31-13(6-4-5-9-32)10-18(27)23-11-17-14(22)7-8-16(25-17)20(29)26-15;1-3-16-19(28)24-12(2)21(30)31-15(6-4-5-7-32)10-18(27)23-11-14-8-13(22)9-17(25-14)20(29)26-16/h3-4,6-8,12,14,32H,5,9-11H2,1-2H3,(H,23,27)(H,24,28)(H,26,29);3-4,6-8,12-13,32H,5,9-11H2,1-2H3,(H,23,27)(H,24,28)(H,26,29);3-4,6,8-9,12,15,32H,5,7,10-11H2,1-2H3,(H,23,27)(H,24,28)(H,26,29)/b6-4+,16-3-;6-4+,15-3-;6-4+,16-3-/t12-,14+;12-,13+;12-,15+/m000/s1. The number of nitrogens with zero attached hydrogens (tertiary/aromatic N) is 3. The van der Waals surface area contributed by atoms with Crippen LogP contribution in [-0.4, -0.2) is 140 Å². The Morgan fingerprint density at radius 2 is 0.844 bits per heavy atom. The molecule has 516 valence electrons. The van der Waals surface area contributed by atoms with Gasteiger partial charge in [-0.15, -0.1) is 0 Å². The van der Waals surface area contributed by atoms with Gasteiger partial charge in [0.15, 0.2) is 11.5 Å². The Hall–Kier alpha value is -9.63. The Morgan fingerprint density at radius 3 is 1.26 bits per heavy atom. The average Bonchev–Trinajstić information content (AvgIpc) is 0.883. The van der Waals surface area contributed by atoms with Gasteiger partial charge in [-0.25, -0.2) is 42.5 Å². The van der Waals surface area contributed by atoms with Gasteiger partial charge in [-0.2, -0.15) is 37.9 Å². The normalized spacial score (nSPS) is 22.3. The predicted molar refractivity (Wildman–Crippen MR) is 351 cm³/mol. The van der Waals surface area contributed by atoms with Crippen molar-refractivity contribution >= 4 is 109 Å². The summed E-state index contributed by atoms with van der Waals surface area (Å²) < 4.78 is 58.4. The number of amides is 9. The molecule has 0 spiro atoms. The van der Waals surface area contributed by atoms with Gasteiger partial charge in [-0.3, -0.25) is 43.2 Å². The van der Waals surface area contributed by atoms with Crippen molar-refractivity contribution in [2.45, 2.75) is 136 Å². The molecule has 0 saturated heterocycles. The average molecular weight is 1390 g/mol. The molecule has 9 N–H and O–H groups in total. The molecular weight excluding hydrogens is 1320 g/mol. The molecule has 6 bridgehead atoms. The van der Waals surface area contributed by atoms with Crippen molar-refractivity contribution in [3.05, 3.63) is 160 Å². The molecule has 0 fully saturated rings. The molecule has 27 nitrogen and oxygen atoms in total.